The predicted molar refractivity (Wildman–Crippen MR) is 191 cm³/mol. The highest BCUT2D eigenvalue weighted by Gasteiger charge is 2.49. The first-order chi connectivity index (χ1) is 25.7. The zero-order valence-corrected chi connectivity index (χ0v) is 30.6. The molecule has 14 nitrogen and oxygen atoms in total. The topological polar surface area (TPSA) is 174 Å². The zero-order valence-electron chi connectivity index (χ0n) is 29.0. The molecule has 1 unspecified atom stereocenters. The number of aryl methyl sites for hydroxylation is 1. The van der Waals surface area contributed by atoms with Gasteiger partial charge in [-0.25, -0.2) is 9.97 Å². The van der Waals surface area contributed by atoms with Gasteiger partial charge in [0, 0.05) is 47.1 Å². The number of anilines is 1. The molecular formula is C35H33ClF3N9O5S. The maximum Gasteiger partial charge on any atom is 0.416 e. The van der Waals surface area contributed by atoms with Crippen molar-refractivity contribution in [2.24, 2.45) is 5.73 Å². The second-order valence-electron chi connectivity index (χ2n) is 13.7. The fourth-order valence-corrected chi connectivity index (χ4v) is 8.84. The number of aromatic hydroxyl groups is 1. The molecule has 1 atom stereocenters. The number of aromatic nitrogens is 6. The van der Waals surface area contributed by atoms with E-state index in [1.807, 2.05) is 6.07 Å². The summed E-state index contributed by atoms with van der Waals surface area (Å²) in [5, 5.41) is 14.7. The van der Waals surface area contributed by atoms with E-state index in [9.17, 15) is 32.7 Å². The van der Waals surface area contributed by atoms with E-state index < -0.39 is 35.2 Å². The molecule has 3 aliphatic rings. The molecule has 6 heterocycles. The molecule has 1 aromatic carbocycles. The standard InChI is InChI=1S/C35H33ClF3N9O5S/c1-3-22-27(45-8-10-46(11-9-45)31(51)25-28(49)17(2)41-16-42-25)32(52)48-33(43-30(44-48)23-13-20-24(54-23)14-53-15-34(20)6-7-34)47(22)26(29(40)50)19-5-4-18(12-21(19)36)35(37,38)39/h4-5,12-13,16,26,49H,3,6-11,14-15H2,1-2H3,(H2,40,50). The number of fused-ring (bicyclic) bond motifs is 3. The van der Waals surface area contributed by atoms with Crippen molar-refractivity contribution in [1.29, 1.82) is 0 Å². The number of alkyl halides is 3. The molecule has 282 valence electrons. The van der Waals surface area contributed by atoms with Crippen molar-refractivity contribution >= 4 is 46.2 Å². The Bertz CT molecular complexity index is 2420. The Morgan fingerprint density at radius 1 is 1.15 bits per heavy atom. The fourth-order valence-electron chi connectivity index (χ4n) is 7.41. The highest BCUT2D eigenvalue weighted by Crippen LogP contribution is 2.54. The number of benzene rings is 1. The van der Waals surface area contributed by atoms with Crippen LogP contribution in [0, 0.1) is 6.92 Å². The van der Waals surface area contributed by atoms with E-state index in [-0.39, 0.29) is 83.0 Å². The molecule has 54 heavy (non-hydrogen) atoms. The maximum atomic E-state index is 14.6. The van der Waals surface area contributed by atoms with E-state index >= 15 is 0 Å². The van der Waals surface area contributed by atoms with E-state index in [1.165, 1.54) is 32.7 Å². The first-order valence-electron chi connectivity index (χ1n) is 17.2. The minimum atomic E-state index is -4.70. The summed E-state index contributed by atoms with van der Waals surface area (Å²) >= 11 is 7.94. The quantitative estimate of drug-likeness (QED) is 0.243. The maximum absolute atomic E-state index is 14.6. The third-order valence-electron chi connectivity index (χ3n) is 10.4. The number of ether oxygens (including phenoxy) is 1. The van der Waals surface area contributed by atoms with Crippen molar-refractivity contribution in [2.75, 3.05) is 37.7 Å². The number of halogens is 4. The molecule has 4 aromatic heterocycles. The van der Waals surface area contributed by atoms with Crippen LogP contribution in [0.4, 0.5) is 18.9 Å². The van der Waals surface area contributed by atoms with Crippen molar-refractivity contribution in [2.45, 2.75) is 57.3 Å². The van der Waals surface area contributed by atoms with E-state index in [0.717, 1.165) is 40.4 Å². The molecule has 5 aromatic rings. The van der Waals surface area contributed by atoms with E-state index in [0.29, 0.717) is 23.8 Å². The van der Waals surface area contributed by atoms with Gasteiger partial charge in [-0.3, -0.25) is 19.0 Å². The fraction of sp³-hybridized carbons (Fsp3) is 0.400. The third-order valence-corrected chi connectivity index (χ3v) is 11.8. The van der Waals surface area contributed by atoms with Crippen LogP contribution in [0.3, 0.4) is 0 Å². The predicted octanol–water partition coefficient (Wildman–Crippen LogP) is 4.26. The van der Waals surface area contributed by atoms with Gasteiger partial charge in [-0.2, -0.15) is 22.7 Å². The molecule has 1 saturated carbocycles. The molecular weight excluding hydrogens is 751 g/mol. The number of nitrogens with two attached hydrogens (primary N) is 1. The van der Waals surface area contributed by atoms with Gasteiger partial charge < -0.3 is 25.4 Å². The number of hydrogen-bond acceptors (Lipinski definition) is 11. The number of hydrogen-bond donors (Lipinski definition) is 2. The van der Waals surface area contributed by atoms with Crippen molar-refractivity contribution in [3.05, 3.63) is 84.6 Å². The van der Waals surface area contributed by atoms with Crippen LogP contribution in [0.2, 0.25) is 5.02 Å². The van der Waals surface area contributed by atoms with E-state index in [1.54, 1.807) is 18.7 Å². The summed E-state index contributed by atoms with van der Waals surface area (Å²) in [5.74, 6) is -1.62. The van der Waals surface area contributed by atoms with Gasteiger partial charge in [0.25, 0.3) is 11.5 Å². The van der Waals surface area contributed by atoms with Gasteiger partial charge in [-0.15, -0.1) is 16.4 Å². The lowest BCUT2D eigenvalue weighted by atomic mass is 9.95. The molecule has 2 fully saturated rings. The SMILES string of the molecule is CCc1c(N2CCN(C(=O)c3ncnc(C)c3O)CC2)c(=O)n2nc(-c3cc4c(s3)COCC43CC3)nc2n1C(C(N)=O)c1ccc(C(F)(F)F)cc1Cl. The van der Waals surface area contributed by atoms with Crippen molar-refractivity contribution < 1.29 is 32.6 Å². The van der Waals surface area contributed by atoms with Gasteiger partial charge in [0.15, 0.2) is 17.3 Å². The molecule has 3 N–H and O–H groups in total. The van der Waals surface area contributed by atoms with Crippen LogP contribution in [0.1, 0.15) is 69.3 Å². The Morgan fingerprint density at radius 2 is 1.89 bits per heavy atom. The van der Waals surface area contributed by atoms with E-state index in [4.69, 9.17) is 27.1 Å². The molecule has 1 saturated heterocycles. The highest BCUT2D eigenvalue weighted by molar-refractivity contribution is 7.15. The van der Waals surface area contributed by atoms with Gasteiger partial charge in [0.05, 0.1) is 35.0 Å². The molecule has 0 radical (unpaired) electrons. The Balaban J connectivity index is 1.27. The lowest BCUT2D eigenvalue weighted by molar-refractivity contribution is -0.137. The number of piperazine rings is 1. The minimum absolute atomic E-state index is 0.0253. The average Bonchev–Trinajstić information content (AvgIpc) is 3.53. The third kappa shape index (κ3) is 5.86. The zero-order chi connectivity index (χ0) is 38.3. The summed E-state index contributed by atoms with van der Waals surface area (Å²) in [6, 6.07) is 3.17. The van der Waals surface area contributed by atoms with Crippen LogP contribution in [-0.2, 0) is 34.2 Å². The van der Waals surface area contributed by atoms with Crippen LogP contribution < -0.4 is 16.2 Å². The van der Waals surface area contributed by atoms with Crippen LogP contribution in [-0.4, -0.2) is 83.7 Å². The number of rotatable bonds is 7. The van der Waals surface area contributed by atoms with Gasteiger partial charge >= 0.3 is 6.18 Å². The van der Waals surface area contributed by atoms with Crippen molar-refractivity contribution in [3.63, 3.8) is 0 Å². The van der Waals surface area contributed by atoms with Crippen LogP contribution in [0.5, 0.6) is 5.75 Å². The Kier molecular flexibility index (Phi) is 8.69. The second-order valence-corrected chi connectivity index (χ2v) is 15.2. The Hall–Kier alpha value is -5.07. The molecule has 8 rings (SSSR count). The summed E-state index contributed by atoms with van der Waals surface area (Å²) in [5.41, 5.74) is 6.16. The van der Waals surface area contributed by atoms with Gasteiger partial charge in [-0.05, 0) is 49.9 Å². The second kappa shape index (κ2) is 13.1. The Morgan fingerprint density at radius 3 is 2.54 bits per heavy atom. The lowest BCUT2D eigenvalue weighted by Gasteiger charge is -2.37. The molecule has 0 bridgehead atoms. The molecule has 1 spiro atoms. The summed E-state index contributed by atoms with van der Waals surface area (Å²) < 4.78 is 49.4. The first-order valence-corrected chi connectivity index (χ1v) is 18.4. The van der Waals surface area contributed by atoms with Crippen molar-refractivity contribution in [1.82, 2.24) is 34.0 Å². The van der Waals surface area contributed by atoms with Crippen LogP contribution in [0.25, 0.3) is 16.5 Å². The number of amides is 2. The Labute approximate surface area is 314 Å². The lowest BCUT2D eigenvalue weighted by Crippen LogP contribution is -2.51. The molecule has 19 heteroatoms. The number of carbonyl (C=O) groups excluding carboxylic acids is 2. The number of carbonyl (C=O) groups is 2. The number of thiophene rings is 1. The summed E-state index contributed by atoms with van der Waals surface area (Å²) in [6.07, 6.45) is -1.36. The monoisotopic (exact) mass is 783 g/mol. The highest BCUT2D eigenvalue weighted by atomic mass is 35.5. The summed E-state index contributed by atoms with van der Waals surface area (Å²) in [6.45, 7) is 4.97. The number of primary amides is 1. The molecule has 2 amide bonds. The van der Waals surface area contributed by atoms with Crippen molar-refractivity contribution in [3.8, 4) is 16.5 Å². The summed E-state index contributed by atoms with van der Waals surface area (Å²) in [4.78, 5) is 59.1. The van der Waals surface area contributed by atoms with E-state index in [2.05, 4.69) is 15.1 Å². The van der Waals surface area contributed by atoms with Crippen LogP contribution >= 0.6 is 22.9 Å². The van der Waals surface area contributed by atoms with Crippen LogP contribution in [0.15, 0.2) is 35.4 Å². The molecule has 1 aliphatic carbocycles. The normalized spacial score (nSPS) is 17.2. The number of nitrogens with zero attached hydrogens (tertiary/aromatic N) is 8. The molecule has 2 aliphatic heterocycles. The minimum Gasteiger partial charge on any atom is -0.504 e. The smallest absolute Gasteiger partial charge is 0.416 e. The first kappa shape index (κ1) is 35.9. The average molecular weight is 784 g/mol. The van der Waals surface area contributed by atoms with Gasteiger partial charge in [-0.1, -0.05) is 24.6 Å². The van der Waals surface area contributed by atoms with Gasteiger partial charge in [0.1, 0.15) is 18.1 Å². The van der Waals surface area contributed by atoms with Gasteiger partial charge in [0.2, 0.25) is 11.7 Å². The largest absolute Gasteiger partial charge is 0.504 e. The summed E-state index contributed by atoms with van der Waals surface area (Å²) in [7, 11) is 0.